The van der Waals surface area contributed by atoms with Gasteiger partial charge < -0.3 is 14.4 Å². The molecule has 6 heteroatoms. The van der Waals surface area contributed by atoms with Crippen LogP contribution in [0.5, 0.6) is 11.5 Å². The molecule has 1 spiro atoms. The van der Waals surface area contributed by atoms with Gasteiger partial charge in [-0.15, -0.1) is 0 Å². The normalized spacial score (nSPS) is 17.7. The molecule has 0 radical (unpaired) electrons. The van der Waals surface area contributed by atoms with Crippen LogP contribution in [-0.4, -0.2) is 23.9 Å². The summed E-state index contributed by atoms with van der Waals surface area (Å²) in [5, 5.41) is 9.36. The molecule has 0 saturated carbocycles. The third-order valence-electron chi connectivity index (χ3n) is 3.87. The van der Waals surface area contributed by atoms with Crippen LogP contribution in [0.2, 0.25) is 5.15 Å². The fourth-order valence-corrected chi connectivity index (χ4v) is 3.07. The number of aromatic nitrogens is 1. The van der Waals surface area contributed by atoms with Crippen molar-refractivity contribution in [1.29, 1.82) is 5.26 Å². The standard InChI is InChI=1S/C16H12ClN3O2/c17-14-7-11(9-18)8-15(19-14)20-6-5-16(10-20)21-12-3-1-2-4-13(12)22-16/h1-4,7-8H,5-6,10H2. The zero-order valence-electron chi connectivity index (χ0n) is 11.6. The number of pyridine rings is 1. The molecule has 0 aliphatic carbocycles. The molecule has 0 N–H and O–H groups in total. The zero-order valence-corrected chi connectivity index (χ0v) is 12.4. The lowest BCUT2D eigenvalue weighted by Crippen LogP contribution is -2.41. The summed E-state index contributed by atoms with van der Waals surface area (Å²) in [7, 11) is 0. The summed E-state index contributed by atoms with van der Waals surface area (Å²) >= 11 is 5.98. The SMILES string of the molecule is N#Cc1cc(Cl)nc(N2CCC3(C2)Oc2ccccc2O3)c1. The Morgan fingerprint density at radius 2 is 1.95 bits per heavy atom. The van der Waals surface area contributed by atoms with E-state index < -0.39 is 5.79 Å². The average Bonchev–Trinajstić information content (AvgIpc) is 3.09. The molecule has 110 valence electrons. The van der Waals surface area contributed by atoms with Gasteiger partial charge in [0.05, 0.1) is 18.2 Å². The molecule has 1 saturated heterocycles. The minimum atomic E-state index is -0.680. The van der Waals surface area contributed by atoms with Crippen LogP contribution in [0.1, 0.15) is 12.0 Å². The van der Waals surface area contributed by atoms with Crippen molar-refractivity contribution >= 4 is 17.4 Å². The summed E-state index contributed by atoms with van der Waals surface area (Å²) in [6.45, 7) is 1.27. The van der Waals surface area contributed by atoms with Crippen LogP contribution in [0.25, 0.3) is 0 Å². The molecular formula is C16H12ClN3O2. The molecule has 0 unspecified atom stereocenters. The molecule has 5 nitrogen and oxygen atoms in total. The maximum atomic E-state index is 9.05. The first-order valence-corrected chi connectivity index (χ1v) is 7.35. The number of hydrogen-bond donors (Lipinski definition) is 0. The molecule has 22 heavy (non-hydrogen) atoms. The molecule has 2 aliphatic heterocycles. The van der Waals surface area contributed by atoms with Crippen molar-refractivity contribution < 1.29 is 9.47 Å². The highest BCUT2D eigenvalue weighted by atomic mass is 35.5. The lowest BCUT2D eigenvalue weighted by Gasteiger charge is -2.23. The Hall–Kier alpha value is -2.45. The Labute approximate surface area is 132 Å². The molecule has 2 aromatic rings. The molecule has 0 bridgehead atoms. The topological polar surface area (TPSA) is 58.4 Å². The van der Waals surface area contributed by atoms with E-state index in [1.54, 1.807) is 12.1 Å². The number of rotatable bonds is 1. The van der Waals surface area contributed by atoms with Gasteiger partial charge in [0.25, 0.3) is 5.79 Å². The van der Waals surface area contributed by atoms with Gasteiger partial charge in [0.15, 0.2) is 11.5 Å². The van der Waals surface area contributed by atoms with Crippen LogP contribution >= 0.6 is 11.6 Å². The Kier molecular flexibility index (Phi) is 2.88. The minimum Gasteiger partial charge on any atom is -0.447 e. The average molecular weight is 314 g/mol. The summed E-state index contributed by atoms with van der Waals surface area (Å²) in [6, 6.07) is 13.0. The number of nitrogens with zero attached hydrogens (tertiary/aromatic N) is 3. The van der Waals surface area contributed by atoms with Gasteiger partial charge in [-0.2, -0.15) is 5.26 Å². The van der Waals surface area contributed by atoms with Crippen LogP contribution in [0.4, 0.5) is 5.82 Å². The zero-order chi connectivity index (χ0) is 15.2. The van der Waals surface area contributed by atoms with Gasteiger partial charge in [-0.25, -0.2) is 4.98 Å². The molecule has 0 atom stereocenters. The maximum Gasteiger partial charge on any atom is 0.270 e. The highest BCUT2D eigenvalue weighted by Gasteiger charge is 2.47. The van der Waals surface area contributed by atoms with Crippen LogP contribution in [0, 0.1) is 11.3 Å². The van der Waals surface area contributed by atoms with Crippen molar-refractivity contribution in [2.24, 2.45) is 0 Å². The predicted molar refractivity (Wildman–Crippen MR) is 81.2 cm³/mol. The fourth-order valence-electron chi connectivity index (χ4n) is 2.87. The number of benzene rings is 1. The Bertz CT molecular complexity index is 762. The van der Waals surface area contributed by atoms with E-state index in [9.17, 15) is 0 Å². The molecular weight excluding hydrogens is 302 g/mol. The first-order chi connectivity index (χ1) is 10.7. The second-order valence-corrected chi connectivity index (χ2v) is 5.77. The van der Waals surface area contributed by atoms with E-state index in [0.29, 0.717) is 23.1 Å². The molecule has 1 aromatic carbocycles. The smallest absolute Gasteiger partial charge is 0.270 e. The van der Waals surface area contributed by atoms with Crippen molar-refractivity contribution in [3.05, 3.63) is 47.1 Å². The number of nitriles is 1. The molecule has 0 amide bonds. The Morgan fingerprint density at radius 3 is 2.64 bits per heavy atom. The third kappa shape index (κ3) is 2.13. The second-order valence-electron chi connectivity index (χ2n) is 5.38. The van der Waals surface area contributed by atoms with Gasteiger partial charge in [-0.3, -0.25) is 0 Å². The number of fused-ring (bicyclic) bond motifs is 1. The van der Waals surface area contributed by atoms with E-state index in [-0.39, 0.29) is 0 Å². The van der Waals surface area contributed by atoms with Crippen molar-refractivity contribution in [3.8, 4) is 17.6 Å². The molecule has 4 rings (SSSR count). The number of para-hydroxylation sites is 2. The van der Waals surface area contributed by atoms with Gasteiger partial charge in [0.2, 0.25) is 0 Å². The largest absolute Gasteiger partial charge is 0.447 e. The second kappa shape index (κ2) is 4.79. The molecule has 2 aliphatic rings. The highest BCUT2D eigenvalue weighted by Crippen LogP contribution is 2.43. The van der Waals surface area contributed by atoms with Crippen molar-refractivity contribution in [2.75, 3.05) is 18.0 Å². The first kappa shape index (κ1) is 13.2. The van der Waals surface area contributed by atoms with E-state index in [1.165, 1.54) is 0 Å². The van der Waals surface area contributed by atoms with Crippen LogP contribution < -0.4 is 14.4 Å². The molecule has 1 fully saturated rings. The van der Waals surface area contributed by atoms with Gasteiger partial charge in [0.1, 0.15) is 11.0 Å². The van der Waals surface area contributed by atoms with E-state index in [4.69, 9.17) is 26.3 Å². The van der Waals surface area contributed by atoms with Gasteiger partial charge in [-0.05, 0) is 24.3 Å². The maximum absolute atomic E-state index is 9.05. The monoisotopic (exact) mass is 313 g/mol. The van der Waals surface area contributed by atoms with Crippen LogP contribution in [0.3, 0.4) is 0 Å². The van der Waals surface area contributed by atoms with E-state index in [1.807, 2.05) is 29.2 Å². The van der Waals surface area contributed by atoms with Crippen molar-refractivity contribution in [2.45, 2.75) is 12.2 Å². The lowest BCUT2D eigenvalue weighted by molar-refractivity contribution is -0.0577. The number of ether oxygens (including phenoxy) is 2. The molecule has 1 aromatic heterocycles. The van der Waals surface area contributed by atoms with E-state index in [0.717, 1.165) is 24.5 Å². The van der Waals surface area contributed by atoms with Crippen LogP contribution in [0.15, 0.2) is 36.4 Å². The Balaban J connectivity index is 1.59. The lowest BCUT2D eigenvalue weighted by atomic mass is 10.2. The Morgan fingerprint density at radius 1 is 1.23 bits per heavy atom. The fraction of sp³-hybridized carbons (Fsp3) is 0.250. The number of anilines is 1. The van der Waals surface area contributed by atoms with Crippen molar-refractivity contribution in [3.63, 3.8) is 0 Å². The third-order valence-corrected chi connectivity index (χ3v) is 4.06. The van der Waals surface area contributed by atoms with Crippen LogP contribution in [-0.2, 0) is 0 Å². The summed E-state index contributed by atoms with van der Waals surface area (Å²) < 4.78 is 12.0. The highest BCUT2D eigenvalue weighted by molar-refractivity contribution is 6.29. The predicted octanol–water partition coefficient (Wildman–Crippen LogP) is 2.98. The first-order valence-electron chi connectivity index (χ1n) is 6.97. The quantitative estimate of drug-likeness (QED) is 0.758. The number of hydrogen-bond acceptors (Lipinski definition) is 5. The van der Waals surface area contributed by atoms with Gasteiger partial charge in [0, 0.05) is 13.0 Å². The summed E-state index contributed by atoms with van der Waals surface area (Å²) in [4.78, 5) is 6.32. The van der Waals surface area contributed by atoms with Gasteiger partial charge in [-0.1, -0.05) is 23.7 Å². The van der Waals surface area contributed by atoms with Gasteiger partial charge >= 0.3 is 0 Å². The minimum absolute atomic E-state index is 0.312. The molecule has 3 heterocycles. The van der Waals surface area contributed by atoms with E-state index >= 15 is 0 Å². The summed E-state index contributed by atoms with van der Waals surface area (Å²) in [5.74, 6) is 1.52. The summed E-state index contributed by atoms with van der Waals surface area (Å²) in [5.41, 5.74) is 0.493. The van der Waals surface area contributed by atoms with Crippen molar-refractivity contribution in [1.82, 2.24) is 4.98 Å². The summed E-state index contributed by atoms with van der Waals surface area (Å²) in [6.07, 6.45) is 0.720. The van der Waals surface area contributed by atoms with E-state index in [2.05, 4.69) is 11.1 Å². The number of halogens is 1.